The van der Waals surface area contributed by atoms with Crippen molar-refractivity contribution in [2.45, 2.75) is 38.4 Å². The molecule has 1 aromatic carbocycles. The minimum atomic E-state index is -5.01. The van der Waals surface area contributed by atoms with Gasteiger partial charge in [0, 0.05) is 18.3 Å². The molecule has 8 nitrogen and oxygen atoms in total. The molecule has 0 spiro atoms. The normalized spacial score (nSPS) is 12.2. The zero-order chi connectivity index (χ0) is 19.9. The Morgan fingerprint density at radius 2 is 1.92 bits per heavy atom. The summed E-state index contributed by atoms with van der Waals surface area (Å²) in [7, 11) is -4.23. The van der Waals surface area contributed by atoms with E-state index in [1.807, 2.05) is 4.72 Å². The molecule has 1 aromatic heterocycles. The number of nitrogens with one attached hydrogen (secondary N) is 1. The molecular weight excluding hydrogens is 377 g/mol. The molecule has 142 valence electrons. The van der Waals surface area contributed by atoms with Crippen molar-refractivity contribution in [3.05, 3.63) is 45.3 Å². The number of hydrogen-bond acceptors (Lipinski definition) is 5. The van der Waals surface area contributed by atoms with Crippen LogP contribution in [-0.2, 0) is 22.7 Å². The van der Waals surface area contributed by atoms with Crippen LogP contribution in [0.5, 0.6) is 0 Å². The third kappa shape index (κ3) is 3.64. The summed E-state index contributed by atoms with van der Waals surface area (Å²) in [5, 5.41) is 14.8. The minimum Gasteiger partial charge on any atom is -0.279 e. The van der Waals surface area contributed by atoms with Gasteiger partial charge in [-0.05, 0) is 32.9 Å². The molecule has 0 atom stereocenters. The highest BCUT2D eigenvalue weighted by molar-refractivity contribution is 7.92. The van der Waals surface area contributed by atoms with Gasteiger partial charge in [0.25, 0.3) is 15.7 Å². The van der Waals surface area contributed by atoms with Gasteiger partial charge in [-0.25, -0.2) is 8.42 Å². The van der Waals surface area contributed by atoms with Crippen molar-refractivity contribution < 1.29 is 26.5 Å². The molecule has 0 saturated carbocycles. The van der Waals surface area contributed by atoms with Crippen molar-refractivity contribution in [3.8, 4) is 0 Å². The predicted octanol–water partition coefficient (Wildman–Crippen LogP) is 3.25. The molecule has 2 aromatic rings. The monoisotopic (exact) mass is 392 g/mol. The lowest BCUT2D eigenvalue weighted by Gasteiger charge is -2.12. The number of anilines is 1. The molecule has 0 unspecified atom stereocenters. The zero-order valence-corrected chi connectivity index (χ0v) is 14.8. The van der Waals surface area contributed by atoms with Crippen LogP contribution in [0.15, 0.2) is 23.1 Å². The topological polar surface area (TPSA) is 107 Å². The number of alkyl halides is 3. The fourth-order valence-electron chi connectivity index (χ4n) is 2.57. The van der Waals surface area contributed by atoms with Crippen molar-refractivity contribution in [2.24, 2.45) is 0 Å². The number of aryl methyl sites for hydroxylation is 2. The van der Waals surface area contributed by atoms with Crippen LogP contribution in [0.1, 0.15) is 23.9 Å². The molecular formula is C14H15F3N4O4S. The third-order valence-electron chi connectivity index (χ3n) is 3.63. The largest absolute Gasteiger partial charge is 0.423 e. The third-order valence-corrected chi connectivity index (χ3v) is 5.27. The van der Waals surface area contributed by atoms with E-state index in [1.54, 1.807) is 6.92 Å². The number of benzene rings is 1. The number of sulfonamides is 1. The van der Waals surface area contributed by atoms with Crippen LogP contribution in [0, 0.1) is 24.0 Å². The smallest absolute Gasteiger partial charge is 0.279 e. The Labute approximate surface area is 146 Å². The Kier molecular flexibility index (Phi) is 4.99. The fourth-order valence-corrected chi connectivity index (χ4v) is 4.03. The molecule has 26 heavy (non-hydrogen) atoms. The second kappa shape index (κ2) is 6.59. The Bertz CT molecular complexity index is 967. The van der Waals surface area contributed by atoms with E-state index in [2.05, 4.69) is 5.10 Å². The molecule has 0 amide bonds. The van der Waals surface area contributed by atoms with E-state index < -0.39 is 38.1 Å². The van der Waals surface area contributed by atoms with Gasteiger partial charge in [-0.3, -0.25) is 19.5 Å². The van der Waals surface area contributed by atoms with Crippen LogP contribution in [0.3, 0.4) is 0 Å². The van der Waals surface area contributed by atoms with Crippen LogP contribution >= 0.6 is 0 Å². The molecule has 1 N–H and O–H groups in total. The summed E-state index contributed by atoms with van der Waals surface area (Å²) in [6.45, 7) is 5.16. The van der Waals surface area contributed by atoms with E-state index in [0.717, 1.165) is 6.07 Å². The van der Waals surface area contributed by atoms with E-state index in [0.29, 0.717) is 24.4 Å². The number of nitro groups is 1. The van der Waals surface area contributed by atoms with Gasteiger partial charge in [-0.15, -0.1) is 0 Å². The lowest BCUT2D eigenvalue weighted by molar-refractivity contribution is -0.388. The second-order valence-corrected chi connectivity index (χ2v) is 7.03. The second-order valence-electron chi connectivity index (χ2n) is 5.41. The predicted molar refractivity (Wildman–Crippen MR) is 86.3 cm³/mol. The summed E-state index contributed by atoms with van der Waals surface area (Å²) in [6, 6.07) is 1.90. The highest BCUT2D eigenvalue weighted by Crippen LogP contribution is 2.38. The molecule has 1 heterocycles. The molecule has 0 aliphatic heterocycles. The van der Waals surface area contributed by atoms with Gasteiger partial charge in [0.15, 0.2) is 0 Å². The van der Waals surface area contributed by atoms with Crippen molar-refractivity contribution >= 4 is 21.4 Å². The highest BCUT2D eigenvalue weighted by atomic mass is 32.2. The number of aromatic nitrogens is 2. The minimum absolute atomic E-state index is 0.147. The maximum atomic E-state index is 13.0. The zero-order valence-electron chi connectivity index (χ0n) is 14.0. The quantitative estimate of drug-likeness (QED) is 0.621. The Morgan fingerprint density at radius 1 is 1.31 bits per heavy atom. The van der Waals surface area contributed by atoms with Crippen LogP contribution in [0.4, 0.5) is 24.5 Å². The van der Waals surface area contributed by atoms with Gasteiger partial charge in [-0.2, -0.15) is 18.3 Å². The average molecular weight is 392 g/mol. The van der Waals surface area contributed by atoms with E-state index in [4.69, 9.17) is 0 Å². The molecule has 0 fully saturated rings. The number of halogens is 3. The summed E-state index contributed by atoms with van der Waals surface area (Å²) < 4.78 is 67.7. The molecule has 0 saturated heterocycles. The maximum absolute atomic E-state index is 13.0. The van der Waals surface area contributed by atoms with Gasteiger partial charge in [0.1, 0.15) is 10.5 Å². The molecule has 0 radical (unpaired) electrons. The molecule has 0 aliphatic rings. The van der Waals surface area contributed by atoms with Crippen LogP contribution in [0.2, 0.25) is 0 Å². The summed E-state index contributed by atoms with van der Waals surface area (Å²) in [5.41, 5.74) is -2.62. The van der Waals surface area contributed by atoms with Gasteiger partial charge in [0.2, 0.25) is 0 Å². The van der Waals surface area contributed by atoms with Crippen LogP contribution < -0.4 is 4.72 Å². The summed E-state index contributed by atoms with van der Waals surface area (Å²) in [4.78, 5) is 9.44. The van der Waals surface area contributed by atoms with Gasteiger partial charge in [-0.1, -0.05) is 0 Å². The SMILES string of the molecule is CCn1nc(C)c(S(=O)(=O)Nc2ccc([N+](=O)[O-])c(C(F)(F)F)c2)c1C. The number of rotatable bonds is 5. The summed E-state index contributed by atoms with van der Waals surface area (Å²) >= 11 is 0. The van der Waals surface area contributed by atoms with Crippen molar-refractivity contribution in [2.75, 3.05) is 4.72 Å². The number of nitrogens with zero attached hydrogens (tertiary/aromatic N) is 3. The summed E-state index contributed by atoms with van der Waals surface area (Å²) in [6.07, 6.45) is -5.01. The lowest BCUT2D eigenvalue weighted by Crippen LogP contribution is -2.16. The van der Waals surface area contributed by atoms with Crippen LogP contribution in [-0.4, -0.2) is 23.1 Å². The first-order valence-corrected chi connectivity index (χ1v) is 8.79. The fraction of sp³-hybridized carbons (Fsp3) is 0.357. The first-order valence-electron chi connectivity index (χ1n) is 7.31. The lowest BCUT2D eigenvalue weighted by atomic mass is 10.1. The maximum Gasteiger partial charge on any atom is 0.423 e. The van der Waals surface area contributed by atoms with Crippen molar-refractivity contribution in [1.29, 1.82) is 0 Å². The van der Waals surface area contributed by atoms with Crippen molar-refractivity contribution in [3.63, 3.8) is 0 Å². The molecule has 0 bridgehead atoms. The Hall–Kier alpha value is -2.63. The Balaban J connectivity index is 2.51. The molecule has 12 heteroatoms. The van der Waals surface area contributed by atoms with Crippen LogP contribution in [0.25, 0.3) is 0 Å². The van der Waals surface area contributed by atoms with Crippen molar-refractivity contribution in [1.82, 2.24) is 9.78 Å². The first kappa shape index (κ1) is 19.7. The molecule has 0 aliphatic carbocycles. The average Bonchev–Trinajstić information content (AvgIpc) is 2.80. The Morgan fingerprint density at radius 3 is 2.38 bits per heavy atom. The van der Waals surface area contributed by atoms with E-state index in [9.17, 15) is 31.7 Å². The molecule has 2 rings (SSSR count). The first-order chi connectivity index (χ1) is 11.9. The number of nitro benzene ring substituents is 1. The van der Waals surface area contributed by atoms with Gasteiger partial charge in [0.05, 0.1) is 16.3 Å². The highest BCUT2D eigenvalue weighted by Gasteiger charge is 2.38. The standard InChI is InChI=1S/C14H15F3N4O4S/c1-4-20-9(3)13(8(2)18-20)26(24,25)19-10-5-6-12(21(22)23)11(7-10)14(15,16)17/h5-7,19H,4H2,1-3H3. The summed E-state index contributed by atoms with van der Waals surface area (Å²) in [5.74, 6) is 0. The number of hydrogen-bond donors (Lipinski definition) is 1. The van der Waals surface area contributed by atoms with Gasteiger partial charge < -0.3 is 0 Å². The van der Waals surface area contributed by atoms with E-state index >= 15 is 0 Å². The van der Waals surface area contributed by atoms with E-state index in [-0.39, 0.29) is 10.6 Å². The van der Waals surface area contributed by atoms with E-state index in [1.165, 1.54) is 18.5 Å². The van der Waals surface area contributed by atoms with Gasteiger partial charge >= 0.3 is 6.18 Å².